The van der Waals surface area contributed by atoms with E-state index in [1.807, 2.05) is 37.3 Å². The minimum atomic E-state index is -1.06. The van der Waals surface area contributed by atoms with Crippen LogP contribution in [0, 0.1) is 0 Å². The monoisotopic (exact) mass is 246 g/mol. The molecule has 0 radical (unpaired) electrons. The number of benzene rings is 1. The zero-order valence-electron chi connectivity index (χ0n) is 10.9. The van der Waals surface area contributed by atoms with Crippen LogP contribution in [0.2, 0.25) is 0 Å². The van der Waals surface area contributed by atoms with Crippen LogP contribution in [0.25, 0.3) is 0 Å². The van der Waals surface area contributed by atoms with Crippen molar-refractivity contribution in [2.45, 2.75) is 26.0 Å². The molecule has 1 unspecified atom stereocenters. The van der Waals surface area contributed by atoms with E-state index in [0.717, 1.165) is 23.6 Å². The normalized spacial score (nSPS) is 14.2. The molecule has 4 nitrogen and oxygen atoms in total. The number of hydrogen-bond donors (Lipinski definition) is 1. The van der Waals surface area contributed by atoms with Crippen LogP contribution in [-0.2, 0) is 12.1 Å². The van der Waals surface area contributed by atoms with E-state index in [0.29, 0.717) is 0 Å². The topological polar surface area (TPSA) is 47.3 Å². The summed E-state index contributed by atoms with van der Waals surface area (Å²) in [5, 5.41) is 14.9. The molecule has 2 rings (SSSR count). The van der Waals surface area contributed by atoms with Gasteiger partial charge in [-0.15, -0.1) is 0 Å². The van der Waals surface area contributed by atoms with Crippen LogP contribution in [0.15, 0.2) is 36.5 Å². The van der Waals surface area contributed by atoms with E-state index in [1.54, 1.807) is 24.9 Å². The molecule has 2 aromatic rings. The maximum atomic E-state index is 10.7. The number of methoxy groups -OCH3 is 1. The average Bonchev–Trinajstić information content (AvgIpc) is 2.88. The summed E-state index contributed by atoms with van der Waals surface area (Å²) in [6.45, 7) is 4.51. The zero-order valence-corrected chi connectivity index (χ0v) is 10.9. The number of ether oxygens (including phenoxy) is 1. The summed E-state index contributed by atoms with van der Waals surface area (Å²) in [5.74, 6) is 0.776. The molecule has 1 aromatic heterocycles. The fourth-order valence-corrected chi connectivity index (χ4v) is 2.06. The highest BCUT2D eigenvalue weighted by Crippen LogP contribution is 2.29. The molecule has 0 aliphatic heterocycles. The molecule has 1 heterocycles. The maximum Gasteiger partial charge on any atom is 0.128 e. The lowest BCUT2D eigenvalue weighted by Crippen LogP contribution is -2.26. The van der Waals surface area contributed by atoms with Crippen LogP contribution in [0.1, 0.15) is 25.1 Å². The second-order valence-corrected chi connectivity index (χ2v) is 4.33. The molecule has 1 aromatic carbocycles. The van der Waals surface area contributed by atoms with Gasteiger partial charge in [0.1, 0.15) is 11.4 Å². The van der Waals surface area contributed by atoms with Crippen molar-refractivity contribution in [1.82, 2.24) is 9.78 Å². The van der Waals surface area contributed by atoms with Gasteiger partial charge >= 0.3 is 0 Å². The largest absolute Gasteiger partial charge is 0.497 e. The first-order valence-electron chi connectivity index (χ1n) is 5.98. The Morgan fingerprint density at radius 1 is 1.28 bits per heavy atom. The number of nitrogens with zero attached hydrogens (tertiary/aromatic N) is 2. The van der Waals surface area contributed by atoms with Gasteiger partial charge in [-0.1, -0.05) is 12.1 Å². The Balaban J connectivity index is 2.40. The van der Waals surface area contributed by atoms with Crippen LogP contribution in [0.4, 0.5) is 0 Å². The van der Waals surface area contributed by atoms with Gasteiger partial charge in [-0.25, -0.2) is 0 Å². The van der Waals surface area contributed by atoms with E-state index in [1.165, 1.54) is 0 Å². The molecule has 0 fully saturated rings. The highest BCUT2D eigenvalue weighted by Gasteiger charge is 2.28. The van der Waals surface area contributed by atoms with Crippen LogP contribution < -0.4 is 4.74 Å². The van der Waals surface area contributed by atoms with Crippen molar-refractivity contribution in [2.75, 3.05) is 7.11 Å². The summed E-state index contributed by atoms with van der Waals surface area (Å²) in [4.78, 5) is 0. The van der Waals surface area contributed by atoms with Crippen molar-refractivity contribution in [2.24, 2.45) is 0 Å². The predicted molar refractivity (Wildman–Crippen MR) is 69.6 cm³/mol. The van der Waals surface area contributed by atoms with Crippen molar-refractivity contribution in [3.05, 3.63) is 47.8 Å². The molecule has 0 saturated heterocycles. The predicted octanol–water partition coefficient (Wildman–Crippen LogP) is 2.17. The van der Waals surface area contributed by atoms with Gasteiger partial charge in [0, 0.05) is 12.7 Å². The quantitative estimate of drug-likeness (QED) is 0.899. The Labute approximate surface area is 107 Å². The summed E-state index contributed by atoms with van der Waals surface area (Å²) in [6, 6.07) is 9.26. The third-order valence-corrected chi connectivity index (χ3v) is 3.17. The molecule has 1 N–H and O–H groups in total. The van der Waals surface area contributed by atoms with Crippen molar-refractivity contribution < 1.29 is 9.84 Å². The first kappa shape index (κ1) is 12.6. The highest BCUT2D eigenvalue weighted by atomic mass is 16.5. The fraction of sp³-hybridized carbons (Fsp3) is 0.357. The number of aliphatic hydroxyl groups is 1. The molecule has 0 aliphatic carbocycles. The standard InChI is InChI=1S/C14H18N2O2/c1-4-16-13(9-10-15-16)14(2,17)11-5-7-12(18-3)8-6-11/h5-10,17H,4H2,1-3H3. The average molecular weight is 246 g/mol. The lowest BCUT2D eigenvalue weighted by atomic mass is 9.92. The first-order valence-corrected chi connectivity index (χ1v) is 5.98. The molecule has 0 amide bonds. The van der Waals surface area contributed by atoms with E-state index in [-0.39, 0.29) is 0 Å². The van der Waals surface area contributed by atoms with Crippen molar-refractivity contribution in [3.63, 3.8) is 0 Å². The van der Waals surface area contributed by atoms with Crippen molar-refractivity contribution in [3.8, 4) is 5.75 Å². The first-order chi connectivity index (χ1) is 8.59. The van der Waals surface area contributed by atoms with Gasteiger partial charge in [0.15, 0.2) is 0 Å². The Morgan fingerprint density at radius 3 is 2.50 bits per heavy atom. The minimum Gasteiger partial charge on any atom is -0.497 e. The minimum absolute atomic E-state index is 0.731. The lowest BCUT2D eigenvalue weighted by Gasteiger charge is -2.25. The summed E-state index contributed by atoms with van der Waals surface area (Å²) >= 11 is 0. The maximum absolute atomic E-state index is 10.7. The molecule has 0 aliphatic rings. The summed E-state index contributed by atoms with van der Waals surface area (Å²) in [5.41, 5.74) is 0.548. The fourth-order valence-electron chi connectivity index (χ4n) is 2.06. The van der Waals surface area contributed by atoms with Gasteiger partial charge in [0.2, 0.25) is 0 Å². The van der Waals surface area contributed by atoms with Crippen molar-refractivity contribution in [1.29, 1.82) is 0 Å². The Kier molecular flexibility index (Phi) is 3.39. The smallest absolute Gasteiger partial charge is 0.128 e. The van der Waals surface area contributed by atoms with E-state index >= 15 is 0 Å². The van der Waals surface area contributed by atoms with Crippen molar-refractivity contribution >= 4 is 0 Å². The van der Waals surface area contributed by atoms with E-state index in [4.69, 9.17) is 4.74 Å². The van der Waals surface area contributed by atoms with Crippen LogP contribution in [0.3, 0.4) is 0 Å². The van der Waals surface area contributed by atoms with Gasteiger partial charge in [0.05, 0.1) is 12.8 Å². The number of aryl methyl sites for hydroxylation is 1. The molecular formula is C14H18N2O2. The molecule has 1 atom stereocenters. The number of hydrogen-bond acceptors (Lipinski definition) is 3. The third kappa shape index (κ3) is 2.11. The molecular weight excluding hydrogens is 228 g/mol. The highest BCUT2D eigenvalue weighted by molar-refractivity contribution is 5.35. The van der Waals surface area contributed by atoms with E-state index in [2.05, 4.69) is 5.10 Å². The Bertz CT molecular complexity index is 515. The molecule has 0 spiro atoms. The molecule has 0 bridgehead atoms. The summed E-state index contributed by atoms with van der Waals surface area (Å²) in [7, 11) is 1.62. The van der Waals surface area contributed by atoms with Crippen LogP contribution in [-0.4, -0.2) is 22.0 Å². The molecule has 96 valence electrons. The van der Waals surface area contributed by atoms with E-state index < -0.39 is 5.60 Å². The summed E-state index contributed by atoms with van der Waals surface area (Å²) < 4.78 is 6.91. The number of aromatic nitrogens is 2. The van der Waals surface area contributed by atoms with Crippen LogP contribution >= 0.6 is 0 Å². The summed E-state index contributed by atoms with van der Waals surface area (Å²) in [6.07, 6.45) is 1.71. The zero-order chi connectivity index (χ0) is 13.2. The Morgan fingerprint density at radius 2 is 1.94 bits per heavy atom. The van der Waals surface area contributed by atoms with Gasteiger partial charge in [-0.05, 0) is 37.6 Å². The molecule has 0 saturated carbocycles. The Hall–Kier alpha value is -1.81. The van der Waals surface area contributed by atoms with Gasteiger partial charge in [-0.2, -0.15) is 5.10 Å². The SMILES string of the molecule is CCn1nccc1C(C)(O)c1ccc(OC)cc1. The van der Waals surface area contributed by atoms with Gasteiger partial charge < -0.3 is 9.84 Å². The van der Waals surface area contributed by atoms with Gasteiger partial charge in [0.25, 0.3) is 0 Å². The second kappa shape index (κ2) is 4.82. The van der Waals surface area contributed by atoms with Crippen LogP contribution in [0.5, 0.6) is 5.75 Å². The third-order valence-electron chi connectivity index (χ3n) is 3.17. The number of rotatable bonds is 4. The van der Waals surface area contributed by atoms with E-state index in [9.17, 15) is 5.11 Å². The lowest BCUT2D eigenvalue weighted by molar-refractivity contribution is 0.0917. The van der Waals surface area contributed by atoms with Gasteiger partial charge in [-0.3, -0.25) is 4.68 Å². The second-order valence-electron chi connectivity index (χ2n) is 4.33. The molecule has 18 heavy (non-hydrogen) atoms. The molecule has 4 heteroatoms.